The van der Waals surface area contributed by atoms with Crippen LogP contribution in [0, 0.1) is 34.5 Å². The van der Waals surface area contributed by atoms with E-state index in [0.717, 1.165) is 29.9 Å². The summed E-state index contributed by atoms with van der Waals surface area (Å²) in [4.78, 5) is 27.4. The predicted molar refractivity (Wildman–Crippen MR) is 156 cm³/mol. The van der Waals surface area contributed by atoms with E-state index in [0.29, 0.717) is 35.3 Å². The van der Waals surface area contributed by atoms with Crippen LogP contribution in [0.25, 0.3) is 0 Å². The number of likely N-dealkylation sites (tertiary alicyclic amines) is 2. The summed E-state index contributed by atoms with van der Waals surface area (Å²) in [7, 11) is 2.47. The van der Waals surface area contributed by atoms with E-state index in [1.807, 2.05) is 0 Å². The second-order valence-corrected chi connectivity index (χ2v) is 15.8. The molecule has 2 saturated heterocycles. The van der Waals surface area contributed by atoms with E-state index in [4.69, 9.17) is 9.47 Å². The first-order valence-electron chi connectivity index (χ1n) is 17.0. The quantitative estimate of drug-likeness (QED) is 0.315. The van der Waals surface area contributed by atoms with E-state index < -0.39 is 0 Å². The minimum absolute atomic E-state index is 0.0466. The molecule has 0 bridgehead atoms. The number of hydrogen-bond acceptors (Lipinski definition) is 5. The lowest BCUT2D eigenvalue weighted by Crippen LogP contribution is -2.61. The maximum atomic E-state index is 12.5. The zero-order chi connectivity index (χ0) is 28.3. The smallest absolute Gasteiger partial charge is 0.303 e. The van der Waals surface area contributed by atoms with Gasteiger partial charge in [-0.15, -0.1) is 0 Å². The molecule has 2 aliphatic heterocycles. The van der Waals surface area contributed by atoms with Crippen molar-refractivity contribution in [1.82, 2.24) is 4.90 Å². The number of likely N-dealkylation sites (N-methyl/N-ethyl adjacent to an activating group) is 1. The Morgan fingerprint density at radius 2 is 1.48 bits per heavy atom. The van der Waals surface area contributed by atoms with Gasteiger partial charge >= 0.3 is 11.9 Å². The molecule has 0 aromatic heterocycles. The van der Waals surface area contributed by atoms with Crippen molar-refractivity contribution in [2.75, 3.05) is 33.2 Å². The average Bonchev–Trinajstić information content (AvgIpc) is 3.21. The molecule has 10 atom stereocenters. The molecule has 4 aliphatic carbocycles. The number of rotatable bonds is 4. The summed E-state index contributed by atoms with van der Waals surface area (Å²) in [6.07, 6.45) is 16.3. The van der Waals surface area contributed by atoms with Crippen LogP contribution < -0.4 is 0 Å². The van der Waals surface area contributed by atoms with Gasteiger partial charge in [-0.05, 0) is 113 Å². The lowest BCUT2D eigenvalue weighted by atomic mass is 9.44. The van der Waals surface area contributed by atoms with Gasteiger partial charge in [-0.2, -0.15) is 0 Å². The molecule has 6 rings (SSSR count). The molecule has 6 heteroatoms. The van der Waals surface area contributed by atoms with Crippen LogP contribution in [0.5, 0.6) is 0 Å². The van der Waals surface area contributed by atoms with Gasteiger partial charge < -0.3 is 14.0 Å². The predicted octanol–water partition coefficient (Wildman–Crippen LogP) is 5.97. The van der Waals surface area contributed by atoms with Crippen molar-refractivity contribution in [3.8, 4) is 0 Å². The normalized spacial score (nSPS) is 46.9. The maximum absolute atomic E-state index is 12.5. The number of esters is 2. The van der Waals surface area contributed by atoms with Crippen molar-refractivity contribution < 1.29 is 23.5 Å². The molecule has 6 fully saturated rings. The third kappa shape index (κ3) is 4.85. The number of ether oxygens (including phenoxy) is 2. The van der Waals surface area contributed by atoms with Gasteiger partial charge in [-0.25, -0.2) is 0 Å². The molecule has 6 aliphatic rings. The molecule has 1 unspecified atom stereocenters. The van der Waals surface area contributed by atoms with Gasteiger partial charge in [0, 0.05) is 31.7 Å². The summed E-state index contributed by atoms with van der Waals surface area (Å²) >= 11 is 0. The first kappa shape index (κ1) is 29.0. The van der Waals surface area contributed by atoms with Gasteiger partial charge in [0.25, 0.3) is 0 Å². The largest absolute Gasteiger partial charge is 0.461 e. The van der Waals surface area contributed by atoms with Crippen LogP contribution in [0.2, 0.25) is 0 Å². The Labute approximate surface area is 243 Å². The van der Waals surface area contributed by atoms with E-state index in [2.05, 4.69) is 25.8 Å². The van der Waals surface area contributed by atoms with E-state index in [-0.39, 0.29) is 29.6 Å². The first-order chi connectivity index (χ1) is 19.0. The number of carbonyl (C=O) groups excluding carboxylic acids is 2. The van der Waals surface area contributed by atoms with Crippen molar-refractivity contribution >= 4 is 11.9 Å². The van der Waals surface area contributed by atoms with Gasteiger partial charge in [-0.3, -0.25) is 14.5 Å². The van der Waals surface area contributed by atoms with Crippen LogP contribution in [0.15, 0.2) is 0 Å². The van der Waals surface area contributed by atoms with Gasteiger partial charge in [-0.1, -0.05) is 20.3 Å². The fourth-order valence-corrected chi connectivity index (χ4v) is 11.7. The highest BCUT2D eigenvalue weighted by Gasteiger charge is 2.67. The summed E-state index contributed by atoms with van der Waals surface area (Å²) in [5.41, 5.74) is 0.377. The minimum Gasteiger partial charge on any atom is -0.461 e. The zero-order valence-corrected chi connectivity index (χ0v) is 26.2. The van der Waals surface area contributed by atoms with Gasteiger partial charge in [0.1, 0.15) is 12.1 Å². The van der Waals surface area contributed by atoms with Gasteiger partial charge in [0.05, 0.1) is 20.1 Å². The summed E-state index contributed by atoms with van der Waals surface area (Å²) in [5, 5.41) is 0. The number of nitrogens with zero attached hydrogens (tertiary/aromatic N) is 2. The fraction of sp³-hybridized carbons (Fsp3) is 0.941. The molecule has 226 valence electrons. The standard InChI is InChI=1S/C34H57N2O4/c1-23(37)39-31-20-25-12-13-26-27(34(25,4)22-29(31)35-16-8-6-9-17-35)14-15-33(3)28(26)21-30(32(33)40-24(2)38)36(5)18-10-7-11-19-36/h25-32H,6-22H2,1-5H3/q+1/t25-,26+,27-,28-,29-,30?,31-,32-,33-,34-/m0/s1. The zero-order valence-electron chi connectivity index (χ0n) is 26.2. The number of hydrogen-bond donors (Lipinski definition) is 0. The first-order valence-corrected chi connectivity index (χ1v) is 17.0. The lowest BCUT2D eigenvalue weighted by Gasteiger charge is -2.62. The van der Waals surface area contributed by atoms with Gasteiger partial charge in [0.15, 0.2) is 6.10 Å². The SMILES string of the molecule is CC(=O)O[C@H]1C[C@@H]2CC[C@@H]3[C@H](CC[C@]4(C)[C@@H](OC(C)=O)C([N+]5(C)CCCCC5)C[C@@H]34)[C@@]2(C)C[C@@H]1N1CCCCC1. The Bertz CT molecular complexity index is 958. The van der Waals surface area contributed by atoms with Crippen LogP contribution in [0.1, 0.15) is 111 Å². The summed E-state index contributed by atoms with van der Waals surface area (Å²) < 4.78 is 13.5. The van der Waals surface area contributed by atoms with Crippen LogP contribution in [0.3, 0.4) is 0 Å². The van der Waals surface area contributed by atoms with Crippen molar-refractivity contribution in [2.24, 2.45) is 34.5 Å². The lowest BCUT2D eigenvalue weighted by molar-refractivity contribution is -0.940. The second kappa shape index (κ2) is 10.8. The Morgan fingerprint density at radius 3 is 2.15 bits per heavy atom. The monoisotopic (exact) mass is 557 g/mol. The molecule has 0 radical (unpaired) electrons. The van der Waals surface area contributed by atoms with Crippen molar-refractivity contribution in [3.63, 3.8) is 0 Å². The van der Waals surface area contributed by atoms with Crippen LogP contribution in [-0.4, -0.2) is 78.8 Å². The fourth-order valence-electron chi connectivity index (χ4n) is 11.7. The Hall–Kier alpha value is -1.14. The van der Waals surface area contributed by atoms with Crippen molar-refractivity contribution in [1.29, 1.82) is 0 Å². The number of carbonyl (C=O) groups is 2. The summed E-state index contributed by atoms with van der Waals surface area (Å²) in [5.74, 6) is 2.50. The molecule has 0 aromatic rings. The molecular formula is C34H57N2O4+. The molecule has 6 nitrogen and oxygen atoms in total. The highest BCUT2D eigenvalue weighted by molar-refractivity contribution is 5.66. The molecule has 0 amide bonds. The van der Waals surface area contributed by atoms with Crippen LogP contribution in [0.4, 0.5) is 0 Å². The third-order valence-corrected chi connectivity index (χ3v) is 13.7. The van der Waals surface area contributed by atoms with Crippen molar-refractivity contribution in [3.05, 3.63) is 0 Å². The second-order valence-electron chi connectivity index (χ2n) is 15.8. The van der Waals surface area contributed by atoms with E-state index in [9.17, 15) is 9.59 Å². The number of quaternary nitrogens is 1. The van der Waals surface area contributed by atoms with Gasteiger partial charge in [0.2, 0.25) is 0 Å². The minimum atomic E-state index is -0.111. The molecular weight excluding hydrogens is 500 g/mol. The molecule has 40 heavy (non-hydrogen) atoms. The van der Waals surface area contributed by atoms with Crippen molar-refractivity contribution in [2.45, 2.75) is 135 Å². The Morgan fingerprint density at radius 1 is 0.800 bits per heavy atom. The maximum Gasteiger partial charge on any atom is 0.303 e. The average molecular weight is 558 g/mol. The van der Waals surface area contributed by atoms with E-state index >= 15 is 0 Å². The summed E-state index contributed by atoms with van der Waals surface area (Å²) in [6.45, 7) is 13.1. The van der Waals surface area contributed by atoms with Crippen LogP contribution in [-0.2, 0) is 19.1 Å². The molecule has 0 N–H and O–H groups in total. The molecule has 0 spiro atoms. The molecule has 0 aromatic carbocycles. The number of piperidine rings is 2. The Kier molecular flexibility index (Phi) is 7.85. The van der Waals surface area contributed by atoms with E-state index in [1.165, 1.54) is 90.1 Å². The number of fused-ring (bicyclic) bond motifs is 5. The Balaban J connectivity index is 1.29. The highest BCUT2D eigenvalue weighted by atomic mass is 16.5. The third-order valence-electron chi connectivity index (χ3n) is 13.7. The molecule has 2 heterocycles. The summed E-state index contributed by atoms with van der Waals surface area (Å²) in [6, 6.07) is 0.796. The van der Waals surface area contributed by atoms with Crippen LogP contribution >= 0.6 is 0 Å². The molecule has 4 saturated carbocycles. The topological polar surface area (TPSA) is 55.8 Å². The highest BCUT2D eigenvalue weighted by Crippen LogP contribution is 2.67. The van der Waals surface area contributed by atoms with E-state index in [1.54, 1.807) is 13.8 Å².